The molecule has 138 valence electrons. The third kappa shape index (κ3) is 3.56. The molecule has 0 unspecified atom stereocenters. The summed E-state index contributed by atoms with van der Waals surface area (Å²) in [7, 11) is 5.87. The van der Waals surface area contributed by atoms with Crippen LogP contribution in [0.3, 0.4) is 0 Å². The summed E-state index contributed by atoms with van der Waals surface area (Å²) in [6, 6.07) is 12.9. The Kier molecular flexibility index (Phi) is 5.52. The van der Waals surface area contributed by atoms with Crippen molar-refractivity contribution < 1.29 is 4.74 Å². The van der Waals surface area contributed by atoms with Gasteiger partial charge in [0.1, 0.15) is 5.75 Å². The van der Waals surface area contributed by atoms with E-state index in [1.807, 2.05) is 0 Å². The summed E-state index contributed by atoms with van der Waals surface area (Å²) in [6.45, 7) is 2.86. The number of aromatic amines is 1. The molecule has 0 aliphatic carbocycles. The quantitative estimate of drug-likeness (QED) is 0.616. The van der Waals surface area contributed by atoms with Crippen LogP contribution in [0.2, 0.25) is 0 Å². The van der Waals surface area contributed by atoms with Crippen molar-refractivity contribution in [2.24, 2.45) is 5.73 Å². The van der Waals surface area contributed by atoms with Crippen LogP contribution in [0.4, 0.5) is 5.69 Å². The number of fused-ring (bicyclic) bond motifs is 1. The van der Waals surface area contributed by atoms with E-state index in [4.69, 9.17) is 10.5 Å². The first-order valence-corrected chi connectivity index (χ1v) is 9.22. The van der Waals surface area contributed by atoms with E-state index >= 15 is 0 Å². The van der Waals surface area contributed by atoms with Crippen LogP contribution in [0.15, 0.2) is 36.4 Å². The Bertz CT molecular complexity index is 896. The lowest BCUT2D eigenvalue weighted by atomic mass is 9.99. The van der Waals surface area contributed by atoms with Gasteiger partial charge in [-0.05, 0) is 68.1 Å². The molecule has 0 aliphatic rings. The molecule has 3 rings (SSSR count). The molecule has 0 saturated carbocycles. The van der Waals surface area contributed by atoms with Gasteiger partial charge in [0.25, 0.3) is 0 Å². The van der Waals surface area contributed by atoms with Crippen molar-refractivity contribution in [1.29, 1.82) is 0 Å². The molecule has 3 aromatic rings. The molecule has 0 saturated heterocycles. The van der Waals surface area contributed by atoms with Gasteiger partial charge in [0, 0.05) is 41.9 Å². The van der Waals surface area contributed by atoms with E-state index in [1.165, 1.54) is 39.0 Å². The summed E-state index contributed by atoms with van der Waals surface area (Å²) in [5.74, 6) is 0.905. The minimum atomic E-state index is 0.732. The fourth-order valence-corrected chi connectivity index (χ4v) is 3.50. The van der Waals surface area contributed by atoms with E-state index in [0.29, 0.717) is 0 Å². The normalized spacial score (nSPS) is 11.1. The van der Waals surface area contributed by atoms with Crippen LogP contribution in [0, 0.1) is 6.92 Å². The number of nitrogens with two attached hydrogens (primary N) is 1. The smallest absolute Gasteiger partial charge is 0.119 e. The number of H-pyrrole nitrogens is 1. The zero-order chi connectivity index (χ0) is 18.7. The summed E-state index contributed by atoms with van der Waals surface area (Å²) in [6.07, 6.45) is 3.12. The highest BCUT2D eigenvalue weighted by Gasteiger charge is 2.16. The van der Waals surface area contributed by atoms with E-state index < -0.39 is 0 Å². The molecule has 1 aromatic heterocycles. The molecular formula is C22H29N3O. The molecule has 4 heteroatoms. The first kappa shape index (κ1) is 18.3. The zero-order valence-corrected chi connectivity index (χ0v) is 16.2. The highest BCUT2D eigenvalue weighted by Crippen LogP contribution is 2.36. The van der Waals surface area contributed by atoms with E-state index in [9.17, 15) is 0 Å². The molecule has 0 aliphatic heterocycles. The second-order valence-electron chi connectivity index (χ2n) is 7.04. The third-order valence-corrected chi connectivity index (χ3v) is 4.95. The SMILES string of the molecule is COc1cc(C)c2[nH]c(-c3cccc(N(C)C)c3)c(CCCCN)c2c1. The molecular weight excluding hydrogens is 322 g/mol. The van der Waals surface area contributed by atoms with Gasteiger partial charge in [-0.25, -0.2) is 0 Å². The molecule has 2 aromatic carbocycles. The van der Waals surface area contributed by atoms with Crippen molar-refractivity contribution in [1.82, 2.24) is 4.98 Å². The zero-order valence-electron chi connectivity index (χ0n) is 16.2. The van der Waals surface area contributed by atoms with Gasteiger partial charge >= 0.3 is 0 Å². The molecule has 0 bridgehead atoms. The van der Waals surface area contributed by atoms with E-state index in [0.717, 1.165) is 31.6 Å². The summed E-state index contributed by atoms with van der Waals surface area (Å²) >= 11 is 0. The first-order valence-electron chi connectivity index (χ1n) is 9.22. The highest BCUT2D eigenvalue weighted by atomic mass is 16.5. The number of ether oxygens (including phenoxy) is 1. The number of benzene rings is 2. The molecule has 0 amide bonds. The lowest BCUT2D eigenvalue weighted by Gasteiger charge is -2.14. The number of aromatic nitrogens is 1. The summed E-state index contributed by atoms with van der Waals surface area (Å²) < 4.78 is 5.51. The van der Waals surface area contributed by atoms with Crippen molar-refractivity contribution in [3.05, 3.63) is 47.5 Å². The van der Waals surface area contributed by atoms with Crippen LogP contribution in [-0.2, 0) is 6.42 Å². The summed E-state index contributed by atoms with van der Waals surface area (Å²) in [5.41, 5.74) is 13.1. The Balaban J connectivity index is 2.18. The van der Waals surface area contributed by atoms with Crippen LogP contribution >= 0.6 is 0 Å². The van der Waals surface area contributed by atoms with Gasteiger partial charge in [-0.3, -0.25) is 0 Å². The van der Waals surface area contributed by atoms with Gasteiger partial charge in [-0.2, -0.15) is 0 Å². The van der Waals surface area contributed by atoms with Crippen molar-refractivity contribution in [3.63, 3.8) is 0 Å². The second kappa shape index (κ2) is 7.83. The standard InChI is InChI=1S/C22H29N3O/c1-15-12-18(26-4)14-20-19(10-5-6-11-23)22(24-21(15)20)16-8-7-9-17(13-16)25(2)3/h7-9,12-14,24H,5-6,10-11,23H2,1-4H3. The van der Waals surface area contributed by atoms with Crippen LogP contribution in [-0.4, -0.2) is 32.7 Å². The Morgan fingerprint density at radius 3 is 2.62 bits per heavy atom. The molecule has 26 heavy (non-hydrogen) atoms. The van der Waals surface area contributed by atoms with E-state index in [2.05, 4.69) is 67.3 Å². The van der Waals surface area contributed by atoms with Crippen molar-refractivity contribution in [2.45, 2.75) is 26.2 Å². The predicted octanol–water partition coefficient (Wildman–Crippen LogP) is 4.50. The first-order chi connectivity index (χ1) is 12.5. The molecule has 0 fully saturated rings. The summed E-state index contributed by atoms with van der Waals surface area (Å²) in [5, 5.41) is 1.25. The number of hydrogen-bond acceptors (Lipinski definition) is 3. The Hall–Kier alpha value is -2.46. The van der Waals surface area contributed by atoms with Crippen LogP contribution < -0.4 is 15.4 Å². The third-order valence-electron chi connectivity index (χ3n) is 4.95. The Labute approximate surface area is 156 Å². The number of aryl methyl sites for hydroxylation is 2. The number of nitrogens with zero attached hydrogens (tertiary/aromatic N) is 1. The minimum Gasteiger partial charge on any atom is -0.497 e. The average molecular weight is 351 g/mol. The lowest BCUT2D eigenvalue weighted by Crippen LogP contribution is -2.08. The van der Waals surface area contributed by atoms with Crippen LogP contribution in [0.25, 0.3) is 22.2 Å². The monoisotopic (exact) mass is 351 g/mol. The minimum absolute atomic E-state index is 0.732. The number of nitrogens with one attached hydrogen (secondary N) is 1. The number of anilines is 1. The molecule has 3 N–H and O–H groups in total. The molecule has 0 atom stereocenters. The number of methoxy groups -OCH3 is 1. The van der Waals surface area contributed by atoms with Gasteiger partial charge in [0.2, 0.25) is 0 Å². The Morgan fingerprint density at radius 2 is 1.92 bits per heavy atom. The highest BCUT2D eigenvalue weighted by molar-refractivity contribution is 5.94. The summed E-state index contributed by atoms with van der Waals surface area (Å²) in [4.78, 5) is 5.82. The van der Waals surface area contributed by atoms with Crippen molar-refractivity contribution in [2.75, 3.05) is 32.6 Å². The van der Waals surface area contributed by atoms with Gasteiger partial charge in [0.05, 0.1) is 7.11 Å². The number of unbranched alkanes of at least 4 members (excludes halogenated alkanes) is 1. The van der Waals surface area contributed by atoms with Gasteiger partial charge in [0.15, 0.2) is 0 Å². The predicted molar refractivity (Wildman–Crippen MR) is 111 cm³/mol. The number of rotatable bonds is 7. The van der Waals surface area contributed by atoms with Crippen LogP contribution in [0.5, 0.6) is 5.75 Å². The fraction of sp³-hybridized carbons (Fsp3) is 0.364. The lowest BCUT2D eigenvalue weighted by molar-refractivity contribution is 0.415. The van der Waals surface area contributed by atoms with E-state index in [-0.39, 0.29) is 0 Å². The molecule has 4 nitrogen and oxygen atoms in total. The fourth-order valence-electron chi connectivity index (χ4n) is 3.50. The van der Waals surface area contributed by atoms with Gasteiger partial charge in [-0.15, -0.1) is 0 Å². The largest absolute Gasteiger partial charge is 0.497 e. The molecule has 0 radical (unpaired) electrons. The average Bonchev–Trinajstić information content (AvgIpc) is 3.01. The molecule has 0 spiro atoms. The van der Waals surface area contributed by atoms with Crippen LogP contribution in [0.1, 0.15) is 24.0 Å². The van der Waals surface area contributed by atoms with E-state index in [1.54, 1.807) is 7.11 Å². The second-order valence-corrected chi connectivity index (χ2v) is 7.04. The van der Waals surface area contributed by atoms with Gasteiger partial charge < -0.3 is 20.4 Å². The van der Waals surface area contributed by atoms with Gasteiger partial charge in [-0.1, -0.05) is 12.1 Å². The maximum absolute atomic E-state index is 5.72. The maximum Gasteiger partial charge on any atom is 0.119 e. The maximum atomic E-state index is 5.72. The Morgan fingerprint density at radius 1 is 1.12 bits per heavy atom. The van der Waals surface area contributed by atoms with Crippen molar-refractivity contribution in [3.8, 4) is 17.0 Å². The molecule has 1 heterocycles. The number of hydrogen-bond donors (Lipinski definition) is 2. The topological polar surface area (TPSA) is 54.3 Å². The van der Waals surface area contributed by atoms with Crippen molar-refractivity contribution >= 4 is 16.6 Å².